The summed E-state index contributed by atoms with van der Waals surface area (Å²) < 4.78 is 0. The van der Waals surface area contributed by atoms with Gasteiger partial charge in [-0.3, -0.25) is 4.79 Å². The van der Waals surface area contributed by atoms with Gasteiger partial charge in [0.15, 0.2) is 5.82 Å². The zero-order valence-corrected chi connectivity index (χ0v) is 14.6. The molecule has 25 heavy (non-hydrogen) atoms. The second-order valence-corrected chi connectivity index (χ2v) is 6.32. The number of H-pyrrole nitrogens is 1. The molecule has 6 heteroatoms. The van der Waals surface area contributed by atoms with Gasteiger partial charge in [-0.2, -0.15) is 5.21 Å². The molecule has 0 radical (unpaired) electrons. The lowest BCUT2D eigenvalue weighted by molar-refractivity contribution is -0.117. The first kappa shape index (κ1) is 16.8. The van der Waals surface area contributed by atoms with Crippen molar-refractivity contribution in [1.82, 2.24) is 20.6 Å². The minimum atomic E-state index is -0.513. The SMILES string of the molecule is Cc1ccc(CC(C(=O)Nc2cc(C)ccc2C)c2nn[nH]n2)cc1. The van der Waals surface area contributed by atoms with Crippen molar-refractivity contribution in [3.63, 3.8) is 0 Å². The number of aromatic amines is 1. The highest BCUT2D eigenvalue weighted by Gasteiger charge is 2.25. The molecule has 128 valence electrons. The summed E-state index contributed by atoms with van der Waals surface area (Å²) in [5, 5.41) is 17.1. The van der Waals surface area contributed by atoms with Crippen LogP contribution in [0.15, 0.2) is 42.5 Å². The number of hydrogen-bond acceptors (Lipinski definition) is 4. The van der Waals surface area contributed by atoms with Crippen molar-refractivity contribution in [2.45, 2.75) is 33.1 Å². The topological polar surface area (TPSA) is 83.6 Å². The summed E-state index contributed by atoms with van der Waals surface area (Å²) in [5.41, 5.74) is 5.15. The molecule has 2 aromatic carbocycles. The molecule has 6 nitrogen and oxygen atoms in total. The molecule has 3 aromatic rings. The fourth-order valence-electron chi connectivity index (χ4n) is 2.67. The number of nitrogens with zero attached hydrogens (tertiary/aromatic N) is 3. The van der Waals surface area contributed by atoms with Crippen molar-refractivity contribution in [3.8, 4) is 0 Å². The normalized spacial score (nSPS) is 12.0. The maximum Gasteiger partial charge on any atom is 0.235 e. The van der Waals surface area contributed by atoms with E-state index >= 15 is 0 Å². The number of rotatable bonds is 5. The number of amides is 1. The van der Waals surface area contributed by atoms with Crippen molar-refractivity contribution in [3.05, 3.63) is 70.5 Å². The Labute approximate surface area is 146 Å². The standard InChI is InChI=1S/C19H21N5O/c1-12-5-8-15(9-6-12)11-16(18-21-23-24-22-18)19(25)20-17-10-13(2)4-7-14(17)3/h4-10,16H,11H2,1-3H3,(H,20,25)(H,21,22,23,24). The van der Waals surface area contributed by atoms with E-state index in [1.165, 1.54) is 5.56 Å². The van der Waals surface area contributed by atoms with E-state index in [0.29, 0.717) is 12.2 Å². The van der Waals surface area contributed by atoms with Gasteiger partial charge in [0.2, 0.25) is 5.91 Å². The zero-order valence-electron chi connectivity index (χ0n) is 14.6. The van der Waals surface area contributed by atoms with E-state index in [2.05, 4.69) is 25.9 Å². The van der Waals surface area contributed by atoms with Gasteiger partial charge < -0.3 is 5.32 Å². The Hall–Kier alpha value is -3.02. The van der Waals surface area contributed by atoms with Crippen LogP contribution in [-0.2, 0) is 11.2 Å². The minimum Gasteiger partial charge on any atom is -0.325 e. The highest BCUT2D eigenvalue weighted by Crippen LogP contribution is 2.22. The van der Waals surface area contributed by atoms with E-state index in [-0.39, 0.29) is 5.91 Å². The Morgan fingerprint density at radius 3 is 2.48 bits per heavy atom. The van der Waals surface area contributed by atoms with Crippen LogP contribution in [-0.4, -0.2) is 26.5 Å². The number of hydrogen-bond donors (Lipinski definition) is 2. The lowest BCUT2D eigenvalue weighted by atomic mass is 9.96. The van der Waals surface area contributed by atoms with Gasteiger partial charge in [-0.25, -0.2) is 0 Å². The fraction of sp³-hybridized carbons (Fsp3) is 0.263. The van der Waals surface area contributed by atoms with Crippen molar-refractivity contribution in [2.24, 2.45) is 0 Å². The quantitative estimate of drug-likeness (QED) is 0.750. The van der Waals surface area contributed by atoms with Crippen LogP contribution in [0.3, 0.4) is 0 Å². The third-order valence-corrected chi connectivity index (χ3v) is 4.20. The smallest absolute Gasteiger partial charge is 0.235 e. The van der Waals surface area contributed by atoms with Crippen LogP contribution >= 0.6 is 0 Å². The lowest BCUT2D eigenvalue weighted by Gasteiger charge is -2.15. The highest BCUT2D eigenvalue weighted by atomic mass is 16.1. The Morgan fingerprint density at radius 1 is 1.08 bits per heavy atom. The fourth-order valence-corrected chi connectivity index (χ4v) is 2.67. The van der Waals surface area contributed by atoms with Crippen LogP contribution in [0.25, 0.3) is 0 Å². The molecule has 2 N–H and O–H groups in total. The van der Waals surface area contributed by atoms with Gasteiger partial charge in [-0.05, 0) is 49.9 Å². The molecule has 0 aliphatic rings. The predicted octanol–water partition coefficient (Wildman–Crippen LogP) is 3.09. The number of aryl methyl sites for hydroxylation is 3. The minimum absolute atomic E-state index is 0.143. The van der Waals surface area contributed by atoms with Crippen molar-refractivity contribution >= 4 is 11.6 Å². The molecule has 1 aromatic heterocycles. The molecule has 1 amide bonds. The molecular formula is C19H21N5O. The average molecular weight is 335 g/mol. The van der Waals surface area contributed by atoms with Gasteiger partial charge >= 0.3 is 0 Å². The molecule has 0 spiro atoms. The van der Waals surface area contributed by atoms with E-state index in [1.807, 2.05) is 63.2 Å². The number of benzene rings is 2. The van der Waals surface area contributed by atoms with Crippen LogP contribution in [0.1, 0.15) is 34.0 Å². The van der Waals surface area contributed by atoms with Gasteiger partial charge in [-0.1, -0.05) is 47.2 Å². The molecule has 1 unspecified atom stereocenters. The summed E-state index contributed by atoms with van der Waals surface area (Å²) in [7, 11) is 0. The summed E-state index contributed by atoms with van der Waals surface area (Å²) in [6.07, 6.45) is 0.510. The van der Waals surface area contributed by atoms with Gasteiger partial charge in [0.05, 0.1) is 0 Å². The molecule has 0 saturated carbocycles. The largest absolute Gasteiger partial charge is 0.325 e. The number of aromatic nitrogens is 4. The van der Waals surface area contributed by atoms with E-state index in [1.54, 1.807) is 0 Å². The number of carbonyl (C=O) groups excluding carboxylic acids is 1. The van der Waals surface area contributed by atoms with Crippen LogP contribution < -0.4 is 5.32 Å². The summed E-state index contributed by atoms with van der Waals surface area (Å²) in [4.78, 5) is 12.9. The Morgan fingerprint density at radius 2 is 1.80 bits per heavy atom. The number of carbonyl (C=O) groups is 1. The molecular weight excluding hydrogens is 314 g/mol. The zero-order chi connectivity index (χ0) is 17.8. The summed E-state index contributed by atoms with van der Waals surface area (Å²) in [6, 6.07) is 14.1. The van der Waals surface area contributed by atoms with E-state index in [0.717, 1.165) is 22.4 Å². The lowest BCUT2D eigenvalue weighted by Crippen LogP contribution is -2.24. The monoisotopic (exact) mass is 335 g/mol. The Balaban J connectivity index is 1.85. The molecule has 0 aliphatic carbocycles. The molecule has 0 saturated heterocycles. The van der Waals surface area contributed by atoms with Crippen molar-refractivity contribution in [1.29, 1.82) is 0 Å². The number of tetrazole rings is 1. The first-order valence-corrected chi connectivity index (χ1v) is 8.20. The van der Waals surface area contributed by atoms with Crippen molar-refractivity contribution < 1.29 is 4.79 Å². The Bertz CT molecular complexity index is 856. The number of nitrogens with one attached hydrogen (secondary N) is 2. The third kappa shape index (κ3) is 4.09. The summed E-state index contributed by atoms with van der Waals surface area (Å²) >= 11 is 0. The van der Waals surface area contributed by atoms with E-state index in [9.17, 15) is 4.79 Å². The van der Waals surface area contributed by atoms with Crippen LogP contribution in [0.2, 0.25) is 0 Å². The predicted molar refractivity (Wildman–Crippen MR) is 96.3 cm³/mol. The average Bonchev–Trinajstić information content (AvgIpc) is 3.11. The molecule has 0 fully saturated rings. The van der Waals surface area contributed by atoms with Crippen LogP contribution in [0, 0.1) is 20.8 Å². The highest BCUT2D eigenvalue weighted by molar-refractivity contribution is 5.96. The molecule has 3 rings (SSSR count). The Kier molecular flexibility index (Phi) is 4.88. The maximum absolute atomic E-state index is 12.9. The van der Waals surface area contributed by atoms with Crippen molar-refractivity contribution in [2.75, 3.05) is 5.32 Å². The van der Waals surface area contributed by atoms with Crippen LogP contribution in [0.5, 0.6) is 0 Å². The van der Waals surface area contributed by atoms with Gasteiger partial charge in [0.25, 0.3) is 0 Å². The molecule has 0 aliphatic heterocycles. The van der Waals surface area contributed by atoms with Gasteiger partial charge in [-0.15, -0.1) is 10.2 Å². The second-order valence-electron chi connectivity index (χ2n) is 6.32. The second kappa shape index (κ2) is 7.25. The van der Waals surface area contributed by atoms with Gasteiger partial charge in [0.1, 0.15) is 5.92 Å². The molecule has 1 heterocycles. The molecule has 0 bridgehead atoms. The third-order valence-electron chi connectivity index (χ3n) is 4.20. The van der Waals surface area contributed by atoms with E-state index in [4.69, 9.17) is 0 Å². The summed E-state index contributed by atoms with van der Waals surface area (Å²) in [6.45, 7) is 6.00. The number of anilines is 1. The summed E-state index contributed by atoms with van der Waals surface area (Å²) in [5.74, 6) is -0.263. The van der Waals surface area contributed by atoms with Crippen LogP contribution in [0.4, 0.5) is 5.69 Å². The first-order valence-electron chi connectivity index (χ1n) is 8.20. The molecule has 1 atom stereocenters. The maximum atomic E-state index is 12.9. The van der Waals surface area contributed by atoms with E-state index < -0.39 is 5.92 Å². The first-order chi connectivity index (χ1) is 12.0. The van der Waals surface area contributed by atoms with Gasteiger partial charge in [0, 0.05) is 5.69 Å².